The summed E-state index contributed by atoms with van der Waals surface area (Å²) in [4.78, 5) is 2.30. The number of alkyl halides is 1. The van der Waals surface area contributed by atoms with Crippen molar-refractivity contribution in [3.63, 3.8) is 0 Å². The van der Waals surface area contributed by atoms with E-state index in [1.54, 1.807) is 0 Å². The molecule has 4 heterocycles. The Labute approximate surface area is 121 Å². The quantitative estimate of drug-likeness (QED) is 0.684. The van der Waals surface area contributed by atoms with E-state index in [4.69, 9.17) is 0 Å². The minimum Gasteiger partial charge on any atom is -0.316 e. The van der Waals surface area contributed by atoms with Crippen molar-refractivity contribution in [3.8, 4) is 0 Å². The molecule has 20 heavy (non-hydrogen) atoms. The number of nitrogens with one attached hydrogen (secondary N) is 3. The van der Waals surface area contributed by atoms with Gasteiger partial charge in [0.15, 0.2) is 0 Å². The maximum absolute atomic E-state index is 14.3. The number of nitrogens with zero attached hydrogens (tertiary/aromatic N) is 1. The van der Waals surface area contributed by atoms with Gasteiger partial charge in [-0.25, -0.2) is 4.39 Å². The summed E-state index contributed by atoms with van der Waals surface area (Å²) in [6.07, 6.45) is 2.75. The molecule has 5 heteroatoms. The van der Waals surface area contributed by atoms with Crippen LogP contribution in [0.3, 0.4) is 0 Å². The van der Waals surface area contributed by atoms with Crippen LogP contribution < -0.4 is 16.0 Å². The Bertz CT molecular complexity index is 314. The largest absolute Gasteiger partial charge is 0.316 e. The van der Waals surface area contributed by atoms with Crippen molar-refractivity contribution >= 4 is 0 Å². The zero-order chi connectivity index (χ0) is 14.1. The maximum Gasteiger partial charge on any atom is 0.126 e. The molecular weight excluding hydrogens is 255 g/mol. The van der Waals surface area contributed by atoms with Gasteiger partial charge in [0.05, 0.1) is 0 Å². The highest BCUT2D eigenvalue weighted by atomic mass is 19.1. The van der Waals surface area contributed by atoms with E-state index in [0.29, 0.717) is 24.8 Å². The van der Waals surface area contributed by atoms with Crippen molar-refractivity contribution in [1.82, 2.24) is 20.9 Å². The third-order valence-corrected chi connectivity index (χ3v) is 5.19. The summed E-state index contributed by atoms with van der Waals surface area (Å²) in [5, 5.41) is 9.73. The van der Waals surface area contributed by atoms with Crippen LogP contribution >= 0.6 is 0 Å². The van der Waals surface area contributed by atoms with Gasteiger partial charge < -0.3 is 16.0 Å². The molecule has 1 atom stereocenters. The molecule has 1 spiro atoms. The Morgan fingerprint density at radius 2 is 1.70 bits per heavy atom. The Kier molecular flexibility index (Phi) is 4.32. The van der Waals surface area contributed by atoms with E-state index in [9.17, 15) is 4.39 Å². The third kappa shape index (κ3) is 3.32. The van der Waals surface area contributed by atoms with Gasteiger partial charge in [0.25, 0.3) is 0 Å². The predicted molar refractivity (Wildman–Crippen MR) is 79.8 cm³/mol. The fourth-order valence-electron chi connectivity index (χ4n) is 3.58. The van der Waals surface area contributed by atoms with Crippen molar-refractivity contribution in [2.45, 2.75) is 37.9 Å². The van der Waals surface area contributed by atoms with E-state index in [0.717, 1.165) is 45.3 Å². The molecule has 0 radical (unpaired) electrons. The topological polar surface area (TPSA) is 39.3 Å². The molecule has 0 amide bonds. The van der Waals surface area contributed by atoms with E-state index in [1.165, 1.54) is 13.0 Å². The summed E-state index contributed by atoms with van der Waals surface area (Å²) >= 11 is 0. The van der Waals surface area contributed by atoms with Crippen molar-refractivity contribution in [1.29, 1.82) is 0 Å². The summed E-state index contributed by atoms with van der Waals surface area (Å²) in [6.45, 7) is 10.3. The number of piperidine rings is 1. The molecular formula is C15H29FN4. The zero-order valence-corrected chi connectivity index (χ0v) is 12.7. The Hall–Kier alpha value is -0.230. The van der Waals surface area contributed by atoms with Crippen LogP contribution in [0, 0.1) is 5.41 Å². The van der Waals surface area contributed by atoms with Crippen LogP contribution in [0.4, 0.5) is 4.39 Å². The van der Waals surface area contributed by atoms with Gasteiger partial charge in [-0.3, -0.25) is 4.90 Å². The first-order valence-corrected chi connectivity index (χ1v) is 8.15. The van der Waals surface area contributed by atoms with E-state index >= 15 is 0 Å². The Balaban J connectivity index is 0.000000205. The standard InChI is InChI=1S/C11H20FN3.C4H9N/c12-11(1-3-13-4-2-11)9-15-7-10(8-15)5-14-6-10;1-4-2-3-5-4/h13-14H,1-9H2;4-5H,2-3H2,1H3. The molecule has 4 aliphatic rings. The minimum absolute atomic E-state index is 0.531. The first kappa shape index (κ1) is 14.7. The molecule has 4 nitrogen and oxygen atoms in total. The molecule has 4 saturated heterocycles. The molecule has 4 rings (SSSR count). The molecule has 0 aromatic carbocycles. The number of hydrogen-bond donors (Lipinski definition) is 3. The summed E-state index contributed by atoms with van der Waals surface area (Å²) in [5.74, 6) is 0. The van der Waals surface area contributed by atoms with Crippen molar-refractivity contribution in [2.75, 3.05) is 52.4 Å². The van der Waals surface area contributed by atoms with Crippen LogP contribution in [-0.4, -0.2) is 69.0 Å². The van der Waals surface area contributed by atoms with Crippen LogP contribution in [0.2, 0.25) is 0 Å². The molecule has 116 valence electrons. The van der Waals surface area contributed by atoms with Gasteiger partial charge in [-0.15, -0.1) is 0 Å². The fourth-order valence-corrected chi connectivity index (χ4v) is 3.58. The lowest BCUT2D eigenvalue weighted by Crippen LogP contribution is -2.72. The lowest BCUT2D eigenvalue weighted by Gasteiger charge is -2.57. The van der Waals surface area contributed by atoms with Crippen molar-refractivity contribution < 1.29 is 4.39 Å². The molecule has 4 fully saturated rings. The second-order valence-corrected chi connectivity index (χ2v) is 7.29. The lowest BCUT2D eigenvalue weighted by atomic mass is 9.74. The summed E-state index contributed by atoms with van der Waals surface area (Å²) in [6, 6.07) is 0.815. The second kappa shape index (κ2) is 5.87. The number of halogens is 1. The molecule has 0 aromatic rings. The predicted octanol–water partition coefficient (Wildman–Crippen LogP) is 0.352. The normalized spacial score (nSPS) is 34.2. The molecule has 4 aliphatic heterocycles. The van der Waals surface area contributed by atoms with E-state index < -0.39 is 5.67 Å². The SMILES string of the molecule is CC1CCN1.FC1(CN2CC3(CNC3)C2)CCNCC1. The fraction of sp³-hybridized carbons (Fsp3) is 1.00. The molecule has 0 aliphatic carbocycles. The Morgan fingerprint density at radius 1 is 1.10 bits per heavy atom. The van der Waals surface area contributed by atoms with Gasteiger partial charge >= 0.3 is 0 Å². The van der Waals surface area contributed by atoms with Gasteiger partial charge in [0, 0.05) is 44.2 Å². The number of rotatable bonds is 2. The van der Waals surface area contributed by atoms with Crippen LogP contribution in [0.25, 0.3) is 0 Å². The van der Waals surface area contributed by atoms with Crippen LogP contribution in [0.5, 0.6) is 0 Å². The van der Waals surface area contributed by atoms with Crippen molar-refractivity contribution in [3.05, 3.63) is 0 Å². The molecule has 0 aromatic heterocycles. The second-order valence-electron chi connectivity index (χ2n) is 7.29. The zero-order valence-electron chi connectivity index (χ0n) is 12.7. The first-order chi connectivity index (χ1) is 9.59. The van der Waals surface area contributed by atoms with Crippen molar-refractivity contribution in [2.24, 2.45) is 5.41 Å². The van der Waals surface area contributed by atoms with Crippen LogP contribution in [0.1, 0.15) is 26.2 Å². The minimum atomic E-state index is -0.913. The maximum atomic E-state index is 14.3. The highest BCUT2D eigenvalue weighted by Crippen LogP contribution is 2.36. The smallest absolute Gasteiger partial charge is 0.126 e. The van der Waals surface area contributed by atoms with E-state index in [2.05, 4.69) is 27.8 Å². The highest BCUT2D eigenvalue weighted by Gasteiger charge is 2.49. The molecule has 3 N–H and O–H groups in total. The van der Waals surface area contributed by atoms with Gasteiger partial charge in [0.1, 0.15) is 5.67 Å². The van der Waals surface area contributed by atoms with Crippen LogP contribution in [-0.2, 0) is 0 Å². The van der Waals surface area contributed by atoms with E-state index in [-0.39, 0.29) is 0 Å². The Morgan fingerprint density at radius 3 is 2.10 bits per heavy atom. The summed E-state index contributed by atoms with van der Waals surface area (Å²) < 4.78 is 14.3. The third-order valence-electron chi connectivity index (χ3n) is 5.19. The van der Waals surface area contributed by atoms with Gasteiger partial charge in [-0.1, -0.05) is 0 Å². The van der Waals surface area contributed by atoms with E-state index in [1.807, 2.05) is 0 Å². The molecule has 0 saturated carbocycles. The highest BCUT2D eigenvalue weighted by molar-refractivity contribution is 5.05. The number of likely N-dealkylation sites (tertiary alicyclic amines) is 1. The summed E-state index contributed by atoms with van der Waals surface area (Å²) in [7, 11) is 0. The molecule has 1 unspecified atom stereocenters. The summed E-state index contributed by atoms with van der Waals surface area (Å²) in [5.41, 5.74) is -0.382. The van der Waals surface area contributed by atoms with Crippen LogP contribution in [0.15, 0.2) is 0 Å². The van der Waals surface area contributed by atoms with Gasteiger partial charge in [0.2, 0.25) is 0 Å². The van der Waals surface area contributed by atoms with Gasteiger partial charge in [-0.05, 0) is 45.8 Å². The monoisotopic (exact) mass is 284 g/mol. The lowest BCUT2D eigenvalue weighted by molar-refractivity contribution is -0.0719. The van der Waals surface area contributed by atoms with Gasteiger partial charge in [-0.2, -0.15) is 0 Å². The average Bonchev–Trinajstić information content (AvgIpc) is 2.30. The number of hydrogen-bond acceptors (Lipinski definition) is 4. The average molecular weight is 284 g/mol. The molecule has 0 bridgehead atoms. The first-order valence-electron chi connectivity index (χ1n) is 8.15.